The van der Waals surface area contributed by atoms with Gasteiger partial charge in [-0.15, -0.1) is 12.4 Å². The highest BCUT2D eigenvalue weighted by molar-refractivity contribution is 7.91. The van der Waals surface area contributed by atoms with Gasteiger partial charge in [0.15, 0.2) is 18.2 Å². The van der Waals surface area contributed by atoms with Crippen LogP contribution in [0.2, 0.25) is 5.02 Å². The topological polar surface area (TPSA) is 113 Å². The van der Waals surface area contributed by atoms with Gasteiger partial charge in [-0.25, -0.2) is 17.6 Å². The zero-order valence-electron chi connectivity index (χ0n) is 19.2. The number of benzene rings is 3. The van der Waals surface area contributed by atoms with E-state index in [4.69, 9.17) is 21.4 Å². The van der Waals surface area contributed by atoms with Gasteiger partial charge in [0.05, 0.1) is 15.9 Å². The van der Waals surface area contributed by atoms with Crippen molar-refractivity contribution in [2.24, 2.45) is 0 Å². The molecule has 0 aliphatic carbocycles. The van der Waals surface area contributed by atoms with E-state index >= 15 is 0 Å². The lowest BCUT2D eigenvalue weighted by molar-refractivity contribution is -0.139. The highest BCUT2D eigenvalue weighted by Crippen LogP contribution is 2.26. The number of hydrogen-bond donors (Lipinski definition) is 3. The summed E-state index contributed by atoms with van der Waals surface area (Å²) in [5.41, 5.74) is 1.59. The fourth-order valence-corrected chi connectivity index (χ4v) is 4.89. The molecule has 0 unspecified atom stereocenters. The minimum absolute atomic E-state index is 0. The van der Waals surface area contributed by atoms with Gasteiger partial charge in [-0.05, 0) is 66.9 Å². The molecule has 11 heteroatoms. The summed E-state index contributed by atoms with van der Waals surface area (Å²) in [5.74, 6) is -2.59. The zero-order chi connectivity index (χ0) is 25.6. The molecule has 194 valence electrons. The molecule has 3 N–H and O–H groups in total. The number of carboxylic acid groups (broad SMARTS) is 1. The molecule has 0 saturated carbocycles. The molecule has 2 atom stereocenters. The summed E-state index contributed by atoms with van der Waals surface area (Å²) >= 11 is 5.96. The Hall–Kier alpha value is -2.69. The smallest absolute Gasteiger partial charge is 0.341 e. The van der Waals surface area contributed by atoms with Crippen molar-refractivity contribution in [3.63, 3.8) is 0 Å². The van der Waals surface area contributed by atoms with Gasteiger partial charge < -0.3 is 20.3 Å². The summed E-state index contributed by atoms with van der Waals surface area (Å²) in [6.45, 7) is 1.54. The van der Waals surface area contributed by atoms with Crippen molar-refractivity contribution in [1.82, 2.24) is 5.32 Å². The van der Waals surface area contributed by atoms with E-state index in [1.165, 1.54) is 18.2 Å². The van der Waals surface area contributed by atoms with Gasteiger partial charge in [0.2, 0.25) is 9.84 Å². The first-order chi connectivity index (χ1) is 16.6. The second-order valence-electron chi connectivity index (χ2n) is 8.01. The van der Waals surface area contributed by atoms with Crippen molar-refractivity contribution < 1.29 is 32.6 Å². The summed E-state index contributed by atoms with van der Waals surface area (Å²) in [7, 11) is -3.98. The van der Waals surface area contributed by atoms with Crippen LogP contribution in [0.5, 0.6) is 5.75 Å². The lowest BCUT2D eigenvalue weighted by Gasteiger charge is -2.18. The van der Waals surface area contributed by atoms with Crippen LogP contribution in [0.25, 0.3) is 0 Å². The molecule has 0 aliphatic heterocycles. The van der Waals surface area contributed by atoms with Crippen LogP contribution in [0.15, 0.2) is 76.5 Å². The number of hydrogen-bond acceptors (Lipinski definition) is 6. The molecule has 0 bridgehead atoms. The van der Waals surface area contributed by atoms with Crippen LogP contribution in [0.4, 0.5) is 4.39 Å². The predicted molar refractivity (Wildman–Crippen MR) is 136 cm³/mol. The monoisotopic (exact) mass is 557 g/mol. The van der Waals surface area contributed by atoms with E-state index in [0.29, 0.717) is 23.6 Å². The number of nitrogens with one attached hydrogen (secondary N) is 1. The minimum atomic E-state index is -3.98. The Morgan fingerprint density at radius 1 is 1.08 bits per heavy atom. The number of aliphatic hydroxyl groups is 1. The molecule has 3 aromatic rings. The molecule has 0 aromatic heterocycles. The zero-order valence-corrected chi connectivity index (χ0v) is 21.6. The average Bonchev–Trinajstić information content (AvgIpc) is 2.82. The van der Waals surface area contributed by atoms with Gasteiger partial charge in [0, 0.05) is 17.6 Å². The van der Waals surface area contributed by atoms with Crippen molar-refractivity contribution in [1.29, 1.82) is 0 Å². The van der Waals surface area contributed by atoms with E-state index in [-0.39, 0.29) is 34.0 Å². The van der Waals surface area contributed by atoms with E-state index in [2.05, 4.69) is 5.32 Å². The van der Waals surface area contributed by atoms with Gasteiger partial charge in [-0.2, -0.15) is 0 Å². The molecule has 0 spiro atoms. The summed E-state index contributed by atoms with van der Waals surface area (Å²) < 4.78 is 44.8. The molecular weight excluding hydrogens is 532 g/mol. The fraction of sp³-hybridized carbons (Fsp3) is 0.240. The first-order valence-corrected chi connectivity index (χ1v) is 12.6. The third kappa shape index (κ3) is 7.91. The largest absolute Gasteiger partial charge is 0.479 e. The fourth-order valence-electron chi connectivity index (χ4n) is 3.42. The van der Waals surface area contributed by atoms with Gasteiger partial charge in [0.1, 0.15) is 0 Å². The quantitative estimate of drug-likeness (QED) is 0.319. The molecule has 0 amide bonds. The highest BCUT2D eigenvalue weighted by Gasteiger charge is 2.20. The Kier molecular flexibility index (Phi) is 10.7. The van der Waals surface area contributed by atoms with Crippen LogP contribution in [0.1, 0.15) is 24.2 Å². The Morgan fingerprint density at radius 3 is 2.36 bits per heavy atom. The number of ether oxygens (including phenoxy) is 1. The second kappa shape index (κ2) is 13.0. The number of aliphatic carboxylic acids is 1. The van der Waals surface area contributed by atoms with E-state index in [0.717, 1.165) is 17.7 Å². The van der Waals surface area contributed by atoms with Crippen molar-refractivity contribution in [3.05, 3.63) is 88.7 Å². The number of carbonyl (C=O) groups is 1. The van der Waals surface area contributed by atoms with Crippen molar-refractivity contribution in [2.45, 2.75) is 35.3 Å². The van der Waals surface area contributed by atoms with Crippen LogP contribution in [-0.2, 0) is 21.1 Å². The Morgan fingerprint density at radius 2 is 1.75 bits per heavy atom. The summed E-state index contributed by atoms with van der Waals surface area (Å²) in [6, 6.07) is 16.3. The van der Waals surface area contributed by atoms with Crippen LogP contribution in [-0.4, -0.2) is 43.8 Å². The number of halogens is 3. The Bertz CT molecular complexity index is 1290. The first kappa shape index (κ1) is 29.5. The van der Waals surface area contributed by atoms with E-state index < -0.39 is 34.3 Å². The van der Waals surface area contributed by atoms with Gasteiger partial charge in [-0.3, -0.25) is 0 Å². The van der Waals surface area contributed by atoms with Crippen LogP contribution >= 0.6 is 24.0 Å². The van der Waals surface area contributed by atoms with Gasteiger partial charge in [0.25, 0.3) is 0 Å². The second-order valence-corrected chi connectivity index (χ2v) is 10.4. The molecule has 7 nitrogen and oxygen atoms in total. The van der Waals surface area contributed by atoms with E-state index in [9.17, 15) is 22.7 Å². The first-order valence-electron chi connectivity index (χ1n) is 10.7. The Balaban J connectivity index is 0.00000456. The molecular formula is C25H26Cl2FNO6S. The highest BCUT2D eigenvalue weighted by atomic mass is 35.5. The standard InChI is InChI=1S/C25H25ClFNO6S.ClH/c1-16(28-14-23(29)18-3-2-4-19(26)12-18)11-17-5-7-20(8-6-17)35(32,33)21-9-10-24(22(27)13-21)34-15-25(30)31;/h2-10,12-13,16,23,28-29H,11,14-15H2,1H3,(H,30,31);1H/t16-,23+;/m1./s1. The number of sulfone groups is 1. The van der Waals surface area contributed by atoms with E-state index in [1.807, 2.05) is 6.92 Å². The maximum Gasteiger partial charge on any atom is 0.341 e. The summed E-state index contributed by atoms with van der Waals surface area (Å²) in [4.78, 5) is 10.3. The van der Waals surface area contributed by atoms with Crippen LogP contribution < -0.4 is 10.1 Å². The molecule has 3 rings (SSSR count). The molecule has 0 saturated heterocycles. The molecule has 0 aliphatic rings. The Labute approximate surface area is 220 Å². The molecule has 0 radical (unpaired) electrons. The number of carboxylic acids is 1. The van der Waals surface area contributed by atoms with Gasteiger partial charge in [-0.1, -0.05) is 35.9 Å². The van der Waals surface area contributed by atoms with Crippen LogP contribution in [0.3, 0.4) is 0 Å². The minimum Gasteiger partial charge on any atom is -0.479 e. The summed E-state index contributed by atoms with van der Waals surface area (Å²) in [6.07, 6.45) is -0.127. The van der Waals surface area contributed by atoms with Crippen LogP contribution in [0, 0.1) is 5.82 Å². The SMILES string of the molecule is C[C@H](Cc1ccc(S(=O)(=O)c2ccc(OCC(=O)O)c(F)c2)cc1)NC[C@H](O)c1cccc(Cl)c1.Cl. The summed E-state index contributed by atoms with van der Waals surface area (Å²) in [5, 5.41) is 22.8. The molecule has 36 heavy (non-hydrogen) atoms. The number of aliphatic hydroxyl groups excluding tert-OH is 1. The average molecular weight is 558 g/mol. The lowest BCUT2D eigenvalue weighted by Crippen LogP contribution is -2.32. The van der Waals surface area contributed by atoms with Gasteiger partial charge >= 0.3 is 5.97 Å². The predicted octanol–water partition coefficient (Wildman–Crippen LogP) is 4.45. The third-order valence-electron chi connectivity index (χ3n) is 5.23. The maximum atomic E-state index is 14.2. The molecule has 3 aromatic carbocycles. The van der Waals surface area contributed by atoms with Crippen molar-refractivity contribution >= 4 is 39.8 Å². The maximum absolute atomic E-state index is 14.2. The normalized spacial score (nSPS) is 12.9. The van der Waals surface area contributed by atoms with Crippen molar-refractivity contribution in [2.75, 3.05) is 13.2 Å². The number of rotatable bonds is 11. The lowest BCUT2D eigenvalue weighted by atomic mass is 10.1. The molecule has 0 heterocycles. The van der Waals surface area contributed by atoms with E-state index in [1.54, 1.807) is 36.4 Å². The van der Waals surface area contributed by atoms with Crippen molar-refractivity contribution in [3.8, 4) is 5.75 Å². The third-order valence-corrected chi connectivity index (χ3v) is 7.24. The molecule has 0 fully saturated rings.